The monoisotopic (exact) mass is 1410 g/mol. The summed E-state index contributed by atoms with van der Waals surface area (Å²) in [6, 6.07) is 14.7. The van der Waals surface area contributed by atoms with Crippen LogP contribution < -0.4 is 5.32 Å². The number of alkyl carbamates (subject to hydrolysis) is 1. The number of aliphatic hydroxyl groups is 2. The molecule has 1 saturated heterocycles. The average Bonchev–Trinajstić information content (AvgIpc) is 0.621. The molecule has 0 aromatic heterocycles. The number of esters is 5. The highest BCUT2D eigenvalue weighted by atomic mass is 16.6. The van der Waals surface area contributed by atoms with Crippen LogP contribution in [0.5, 0.6) is 0 Å². The van der Waals surface area contributed by atoms with Gasteiger partial charge in [-0.05, 0) is 160 Å². The molecule has 7 rings (SSSR count). The summed E-state index contributed by atoms with van der Waals surface area (Å²) >= 11 is 0. The van der Waals surface area contributed by atoms with E-state index in [1.165, 1.54) is 32.9 Å². The fraction of sp³-hybridized carbons (Fsp3) is 0.477. The zero-order chi connectivity index (χ0) is 74.5. The Morgan fingerprint density at radius 3 is 1.48 bits per heavy atom. The first-order valence-corrected chi connectivity index (χ1v) is 36.7. The number of hydrogen-bond donors (Lipinski definition) is 3. The quantitative estimate of drug-likeness (QED) is 0.0322. The van der Waals surface area contributed by atoms with Crippen LogP contribution in [0.1, 0.15) is 200 Å². The fourth-order valence-electron chi connectivity index (χ4n) is 14.7. The number of fused-ring (bicyclic) bond motifs is 3. The first-order chi connectivity index (χ1) is 49.5. The van der Waals surface area contributed by atoms with Crippen molar-refractivity contribution in [1.29, 1.82) is 0 Å². The Labute approximate surface area is 610 Å². The predicted molar refractivity (Wildman–Crippen MR) is 400 cm³/mol. The molecule has 0 bridgehead atoms. The van der Waals surface area contributed by atoms with E-state index in [1.807, 2.05) is 36.5 Å². The van der Waals surface area contributed by atoms with Crippen molar-refractivity contribution in [2.75, 3.05) is 6.61 Å². The van der Waals surface area contributed by atoms with E-state index in [2.05, 4.69) is 129 Å². The van der Waals surface area contributed by atoms with Crippen LogP contribution in [0.4, 0.5) is 4.79 Å². The van der Waals surface area contributed by atoms with Gasteiger partial charge in [-0.2, -0.15) is 0 Å². The summed E-state index contributed by atoms with van der Waals surface area (Å²) in [4.78, 5) is 103. The lowest BCUT2D eigenvalue weighted by Gasteiger charge is -2.78. The molecule has 17 heteroatoms. The van der Waals surface area contributed by atoms with Gasteiger partial charge in [-0.3, -0.25) is 19.2 Å². The van der Waals surface area contributed by atoms with Crippen LogP contribution in [0.15, 0.2) is 218 Å². The van der Waals surface area contributed by atoms with E-state index in [4.69, 9.17) is 33.2 Å². The van der Waals surface area contributed by atoms with Gasteiger partial charge in [0.2, 0.25) is 0 Å². The number of rotatable bonds is 38. The highest BCUT2D eigenvalue weighted by Crippen LogP contribution is 2.78. The number of hydrogen-bond acceptors (Lipinski definition) is 16. The van der Waals surface area contributed by atoms with Crippen molar-refractivity contribution in [3.05, 3.63) is 229 Å². The van der Waals surface area contributed by atoms with Crippen molar-refractivity contribution in [3.63, 3.8) is 0 Å². The third-order valence-electron chi connectivity index (χ3n) is 19.9. The average molecular weight is 1410 g/mol. The highest BCUT2D eigenvalue weighted by molar-refractivity contribution is 5.97. The van der Waals surface area contributed by atoms with Crippen molar-refractivity contribution in [2.45, 2.75) is 237 Å². The molecule has 103 heavy (non-hydrogen) atoms. The summed E-state index contributed by atoms with van der Waals surface area (Å²) < 4.78 is 44.3. The van der Waals surface area contributed by atoms with Crippen molar-refractivity contribution in [3.8, 4) is 0 Å². The first kappa shape index (κ1) is 81.5. The number of carbonyl (C=O) groups excluding carboxylic acids is 7. The van der Waals surface area contributed by atoms with E-state index in [-0.39, 0.29) is 55.4 Å². The molecule has 17 nitrogen and oxygen atoms in total. The molecule has 0 spiro atoms. The second-order valence-corrected chi connectivity index (χ2v) is 28.1. The molecule has 2 unspecified atom stereocenters. The molecule has 4 fully saturated rings. The van der Waals surface area contributed by atoms with E-state index < -0.39 is 124 Å². The molecule has 1 heterocycles. The summed E-state index contributed by atoms with van der Waals surface area (Å²) in [5.41, 5.74) is -10.8. The molecular weight excluding hydrogens is 1300 g/mol. The van der Waals surface area contributed by atoms with Crippen LogP contribution in [-0.4, -0.2) is 111 Å². The van der Waals surface area contributed by atoms with E-state index in [0.29, 0.717) is 18.4 Å². The molecule has 2 aromatic rings. The van der Waals surface area contributed by atoms with Crippen molar-refractivity contribution >= 4 is 41.7 Å². The lowest BCUT2D eigenvalue weighted by Crippen LogP contribution is -2.90. The fourth-order valence-corrected chi connectivity index (χ4v) is 14.7. The summed E-state index contributed by atoms with van der Waals surface area (Å²) in [6.07, 6.45) is 50.1. The van der Waals surface area contributed by atoms with E-state index in [0.717, 1.165) is 64.2 Å². The number of ketones is 1. The minimum absolute atomic E-state index is 0.0130. The summed E-state index contributed by atoms with van der Waals surface area (Å²) in [6.45, 7) is 14.6. The molecule has 2 aromatic carbocycles. The second kappa shape index (κ2) is 39.2. The predicted octanol–water partition coefficient (Wildman–Crippen LogP) is 16.7. The number of carbonyl (C=O) groups is 7. The molecule has 12 atom stereocenters. The van der Waals surface area contributed by atoms with E-state index in [9.17, 15) is 39.0 Å². The minimum Gasteiger partial charge on any atom is -0.461 e. The van der Waals surface area contributed by atoms with Gasteiger partial charge >= 0.3 is 35.9 Å². The molecule has 5 aliphatic rings. The lowest BCUT2D eigenvalue weighted by atomic mass is 9.30. The molecule has 3 N–H and O–H groups in total. The Hall–Kier alpha value is -8.77. The molecule has 3 saturated carbocycles. The maximum Gasteiger partial charge on any atom is 0.408 e. The normalized spacial score (nSPS) is 26.8. The Kier molecular flexibility index (Phi) is 31.0. The van der Waals surface area contributed by atoms with Crippen molar-refractivity contribution in [1.82, 2.24) is 5.32 Å². The standard InChI is InChI=1S/C86H109NO16/c1-10-12-14-16-18-20-22-24-26-28-30-32-34-36-38-40-42-44-52-58-69(89)98-67-60-68-84(62-97-68,101-64(4)88)75-77(100-78(93)66-56-50-47-51-57-66)85(96)61-86(102-79(94)73(91)72(65-54-48-46-49-55-65)87-80(95)103-81(5,6)7)63(3)71(83(85,86)9)74(76(92)82(67,75)8)99-70(90)59-53-45-43-41-39-37-35-33-31-29-27-25-23-21-19-17-15-13-11-2/h12-15,18-21,24-27,30-33,36-39,42-51,54-57,67-68,72-75,77,91,96H,10-11,16-17,22-23,28-29,34-35,40-41,52-53,58-62H2,1-9H3,(H,87,95)/b14-12-,15-13-,20-18-,21-19-,26-24-,27-25-,32-30-,33-31-,38-36-,39-37-,44-42-,45-43-/t67-,68+,72?,73+,74+,75-,77-,82+,83+,84-,85+,86?/m0/s1. The van der Waals surface area contributed by atoms with Crippen LogP contribution in [0.3, 0.4) is 0 Å². The zero-order valence-corrected chi connectivity index (χ0v) is 61.7. The third-order valence-corrected chi connectivity index (χ3v) is 19.9. The van der Waals surface area contributed by atoms with Gasteiger partial charge in [0.1, 0.15) is 35.1 Å². The number of allylic oxidation sites excluding steroid dienone is 24. The molecule has 1 amide bonds. The Morgan fingerprint density at radius 1 is 0.612 bits per heavy atom. The summed E-state index contributed by atoms with van der Waals surface area (Å²) in [7, 11) is 0. The molecule has 1 aliphatic heterocycles. The lowest BCUT2D eigenvalue weighted by molar-refractivity contribution is -0.376. The number of amides is 1. The third kappa shape index (κ3) is 20.6. The second-order valence-electron chi connectivity index (χ2n) is 28.1. The van der Waals surface area contributed by atoms with Gasteiger partial charge in [0.25, 0.3) is 0 Å². The first-order valence-electron chi connectivity index (χ1n) is 36.7. The largest absolute Gasteiger partial charge is 0.461 e. The number of aliphatic hydroxyl groups excluding tert-OH is 1. The molecule has 0 radical (unpaired) electrons. The van der Waals surface area contributed by atoms with Gasteiger partial charge in [0.15, 0.2) is 23.6 Å². The van der Waals surface area contributed by atoms with E-state index in [1.54, 1.807) is 76.2 Å². The SMILES string of the molecule is CC/C=C\C/C=C\C/C=C\C/C=C\C/C=C\C/C=C\CCC(=O)O[C@H]1C(=O)[C@]2(C)[C@@H](OC(=O)CC/C=C\C/C=C\C/C=C\C/C=C\C/C=C\C/C=C\CC)C[C@H]3OC[C@@]3(OC(C)=O)[C@H]2[C@H](OC(=O)c2ccccc2)[C@]2(O)CC3(OC(=O)[C@H](O)C(NC(=O)OC(C)(C)C)c4ccccc4)C(C)=C1[C@@]32C. The van der Waals surface area contributed by atoms with Crippen LogP contribution >= 0.6 is 0 Å². The van der Waals surface area contributed by atoms with Crippen LogP contribution in [0, 0.1) is 16.7 Å². The summed E-state index contributed by atoms with van der Waals surface area (Å²) in [5, 5.41) is 29.0. The maximum atomic E-state index is 16.8. The number of benzene rings is 2. The molecular formula is C86H109NO16. The van der Waals surface area contributed by atoms with Crippen LogP contribution in [0.2, 0.25) is 0 Å². The van der Waals surface area contributed by atoms with Gasteiger partial charge in [-0.15, -0.1) is 0 Å². The smallest absolute Gasteiger partial charge is 0.408 e. The van der Waals surface area contributed by atoms with Crippen molar-refractivity contribution < 1.29 is 76.9 Å². The molecule has 4 aliphatic carbocycles. The Balaban J connectivity index is 1.19. The van der Waals surface area contributed by atoms with Crippen LogP contribution in [-0.2, 0) is 57.1 Å². The topological polar surface area (TPSA) is 237 Å². The minimum atomic E-state index is -2.43. The maximum absolute atomic E-state index is 16.8. The summed E-state index contributed by atoms with van der Waals surface area (Å²) in [5.74, 6) is -7.02. The van der Waals surface area contributed by atoms with Gasteiger partial charge in [-0.1, -0.05) is 208 Å². The number of ether oxygens (including phenoxy) is 7. The number of nitrogens with one attached hydrogen (secondary N) is 1. The highest BCUT2D eigenvalue weighted by Gasteiger charge is 2.90. The van der Waals surface area contributed by atoms with E-state index >= 15 is 4.79 Å². The van der Waals surface area contributed by atoms with Gasteiger partial charge in [0.05, 0.1) is 35.0 Å². The Bertz CT molecular complexity index is 3610. The zero-order valence-electron chi connectivity index (χ0n) is 61.7. The molecule has 554 valence electrons. The van der Waals surface area contributed by atoms with Gasteiger partial charge in [0, 0.05) is 32.6 Å². The Morgan fingerprint density at radius 2 is 1.05 bits per heavy atom. The van der Waals surface area contributed by atoms with Gasteiger partial charge in [-0.25, -0.2) is 14.4 Å². The van der Waals surface area contributed by atoms with Crippen molar-refractivity contribution in [2.24, 2.45) is 16.7 Å². The van der Waals surface area contributed by atoms with Crippen LogP contribution in [0.25, 0.3) is 0 Å². The van der Waals surface area contributed by atoms with Gasteiger partial charge < -0.3 is 48.7 Å². The number of Topliss-reactive ketones (excluding diaryl/α,β-unsaturated/α-hetero) is 1.